The molecule has 2 aliphatic heterocycles. The van der Waals surface area contributed by atoms with Crippen LogP contribution < -0.4 is 5.73 Å². The lowest BCUT2D eigenvalue weighted by molar-refractivity contribution is -0.215. The summed E-state index contributed by atoms with van der Waals surface area (Å²) in [4.78, 5) is 0. The maximum absolute atomic E-state index is 12.2. The summed E-state index contributed by atoms with van der Waals surface area (Å²) in [5.41, 5.74) is 4.69. The van der Waals surface area contributed by atoms with Gasteiger partial charge in [-0.2, -0.15) is 13.2 Å². The van der Waals surface area contributed by atoms with Gasteiger partial charge >= 0.3 is 6.18 Å². The molecule has 2 nitrogen and oxygen atoms in total. The molecular weight excluding hydrogens is 207 g/mol. The minimum absolute atomic E-state index is 0. The van der Waals surface area contributed by atoms with E-state index in [1.807, 2.05) is 0 Å². The van der Waals surface area contributed by atoms with Gasteiger partial charge in [0.2, 0.25) is 0 Å². The van der Waals surface area contributed by atoms with E-state index in [2.05, 4.69) is 0 Å². The molecule has 3 aliphatic rings. The van der Waals surface area contributed by atoms with Crippen LogP contribution >= 0.6 is 12.4 Å². The van der Waals surface area contributed by atoms with Crippen LogP contribution in [0.3, 0.4) is 0 Å². The first-order chi connectivity index (χ1) is 5.47. The summed E-state index contributed by atoms with van der Waals surface area (Å²) in [5.74, 6) is -0.339. The first kappa shape index (κ1) is 11.1. The maximum Gasteiger partial charge on any atom is 0.414 e. The van der Waals surface area contributed by atoms with Crippen LogP contribution in [0.1, 0.15) is 12.8 Å². The van der Waals surface area contributed by atoms with Crippen molar-refractivity contribution in [3.63, 3.8) is 0 Å². The predicted octanol–water partition coefficient (Wildman–Crippen LogP) is 1.48. The maximum atomic E-state index is 12.2. The van der Waals surface area contributed by atoms with Crippen molar-refractivity contribution >= 4 is 12.4 Å². The molecule has 78 valence electrons. The second kappa shape index (κ2) is 3.00. The molecule has 13 heavy (non-hydrogen) atoms. The van der Waals surface area contributed by atoms with Gasteiger partial charge in [-0.3, -0.25) is 0 Å². The highest BCUT2D eigenvalue weighted by atomic mass is 35.5. The Morgan fingerprint density at radius 2 is 1.92 bits per heavy atom. The van der Waals surface area contributed by atoms with Crippen LogP contribution in [0.25, 0.3) is 0 Å². The smallest absolute Gasteiger partial charge is 0.361 e. The van der Waals surface area contributed by atoms with Gasteiger partial charge < -0.3 is 10.5 Å². The molecule has 2 N–H and O–H groups in total. The zero-order valence-corrected chi connectivity index (χ0v) is 7.62. The zero-order chi connectivity index (χ0) is 8.98. The topological polar surface area (TPSA) is 35.2 Å². The van der Waals surface area contributed by atoms with E-state index >= 15 is 0 Å². The molecule has 6 heteroatoms. The van der Waals surface area contributed by atoms with Gasteiger partial charge in [-0.1, -0.05) is 0 Å². The lowest BCUT2D eigenvalue weighted by atomic mass is 9.72. The monoisotopic (exact) mass is 217 g/mol. The molecule has 2 heterocycles. The molecular formula is C7H11ClF3NO. The molecule has 1 aliphatic carbocycles. The molecule has 1 unspecified atom stereocenters. The molecule has 3 fully saturated rings. The Kier molecular flexibility index (Phi) is 2.56. The van der Waals surface area contributed by atoms with Crippen molar-refractivity contribution in [2.45, 2.75) is 30.7 Å². The largest absolute Gasteiger partial charge is 0.414 e. The Bertz CT molecular complexity index is 202. The van der Waals surface area contributed by atoms with Gasteiger partial charge in [0.05, 0.1) is 5.60 Å². The highest BCUT2D eigenvalue weighted by Crippen LogP contribution is 2.55. The number of halogens is 4. The molecule has 2 bridgehead atoms. The lowest BCUT2D eigenvalue weighted by Gasteiger charge is -2.34. The lowest BCUT2D eigenvalue weighted by Crippen LogP contribution is -2.43. The van der Waals surface area contributed by atoms with Gasteiger partial charge in [-0.05, 0) is 18.8 Å². The molecule has 0 radical (unpaired) electrons. The van der Waals surface area contributed by atoms with Gasteiger partial charge in [0, 0.05) is 6.54 Å². The van der Waals surface area contributed by atoms with E-state index in [-0.39, 0.29) is 24.9 Å². The summed E-state index contributed by atoms with van der Waals surface area (Å²) < 4.78 is 41.4. The third-order valence-electron chi connectivity index (χ3n) is 2.77. The Labute approximate surface area is 80.0 Å². The molecule has 0 aromatic heterocycles. The van der Waals surface area contributed by atoms with Gasteiger partial charge in [-0.25, -0.2) is 0 Å². The normalized spacial score (nSPS) is 42.5. The molecule has 2 saturated heterocycles. The van der Waals surface area contributed by atoms with Crippen LogP contribution in [0.5, 0.6) is 0 Å². The fourth-order valence-corrected chi connectivity index (χ4v) is 2.12. The molecule has 0 aromatic carbocycles. The van der Waals surface area contributed by atoms with Crippen molar-refractivity contribution in [1.82, 2.24) is 0 Å². The second-order valence-electron chi connectivity index (χ2n) is 3.64. The van der Waals surface area contributed by atoms with Crippen LogP contribution in [0.15, 0.2) is 0 Å². The second-order valence-corrected chi connectivity index (χ2v) is 3.64. The van der Waals surface area contributed by atoms with E-state index in [1.54, 1.807) is 0 Å². The molecule has 0 amide bonds. The molecule has 1 saturated carbocycles. The number of hydrogen-bond acceptors (Lipinski definition) is 2. The number of fused-ring (bicyclic) bond motifs is 1. The summed E-state index contributed by atoms with van der Waals surface area (Å²) in [6.45, 7) is 0.204. The van der Waals surface area contributed by atoms with Gasteiger partial charge in [0.25, 0.3) is 0 Å². The van der Waals surface area contributed by atoms with Crippen molar-refractivity contribution < 1.29 is 17.9 Å². The summed E-state index contributed by atoms with van der Waals surface area (Å²) in [6.07, 6.45) is -4.81. The van der Waals surface area contributed by atoms with E-state index in [0.717, 1.165) is 0 Å². The van der Waals surface area contributed by atoms with Gasteiger partial charge in [-0.15, -0.1) is 12.4 Å². The fourth-order valence-electron chi connectivity index (χ4n) is 2.12. The average molecular weight is 218 g/mol. The van der Waals surface area contributed by atoms with Gasteiger partial charge in [0.15, 0.2) is 6.10 Å². The van der Waals surface area contributed by atoms with E-state index in [0.29, 0.717) is 12.8 Å². The SMILES string of the molecule is Cl.NCC12CC(C1)C(C(F)(F)F)O2. The quantitative estimate of drug-likeness (QED) is 0.722. The molecule has 0 aromatic rings. The number of hydrogen-bond donors (Lipinski definition) is 1. The van der Waals surface area contributed by atoms with Crippen molar-refractivity contribution in [2.75, 3.05) is 6.54 Å². The van der Waals surface area contributed by atoms with E-state index < -0.39 is 17.9 Å². The Morgan fingerprint density at radius 1 is 1.38 bits per heavy atom. The standard InChI is InChI=1S/C7H10F3NO.ClH/c8-7(9,10)5-4-1-6(2-4,3-11)12-5;/h4-5H,1-3,11H2;1H. The summed E-state index contributed by atoms with van der Waals surface area (Å²) in [6, 6.07) is 0. The van der Waals surface area contributed by atoms with Crippen LogP contribution in [0.4, 0.5) is 13.2 Å². The summed E-state index contributed by atoms with van der Waals surface area (Å²) in [7, 11) is 0. The fraction of sp³-hybridized carbons (Fsp3) is 1.00. The van der Waals surface area contributed by atoms with E-state index in [1.165, 1.54) is 0 Å². The number of rotatable bonds is 1. The summed E-state index contributed by atoms with van der Waals surface area (Å²) >= 11 is 0. The molecule has 0 spiro atoms. The van der Waals surface area contributed by atoms with Crippen molar-refractivity contribution in [3.8, 4) is 0 Å². The van der Waals surface area contributed by atoms with Crippen LogP contribution in [0, 0.1) is 5.92 Å². The van der Waals surface area contributed by atoms with Crippen LogP contribution in [-0.4, -0.2) is 24.4 Å². The van der Waals surface area contributed by atoms with Crippen LogP contribution in [0.2, 0.25) is 0 Å². The number of nitrogens with two attached hydrogens (primary N) is 1. The van der Waals surface area contributed by atoms with Gasteiger partial charge in [0.1, 0.15) is 0 Å². The van der Waals surface area contributed by atoms with Crippen molar-refractivity contribution in [1.29, 1.82) is 0 Å². The first-order valence-electron chi connectivity index (χ1n) is 3.91. The minimum atomic E-state index is -4.21. The number of ether oxygens (including phenoxy) is 1. The molecule has 1 atom stereocenters. The highest BCUT2D eigenvalue weighted by molar-refractivity contribution is 5.85. The minimum Gasteiger partial charge on any atom is -0.361 e. The molecule has 3 rings (SSSR count). The highest BCUT2D eigenvalue weighted by Gasteiger charge is 2.64. The van der Waals surface area contributed by atoms with Crippen molar-refractivity contribution in [2.24, 2.45) is 11.7 Å². The zero-order valence-electron chi connectivity index (χ0n) is 6.80. The average Bonchev–Trinajstić information content (AvgIpc) is 2.36. The Morgan fingerprint density at radius 3 is 2.15 bits per heavy atom. The Balaban J connectivity index is 0.000000845. The predicted molar refractivity (Wildman–Crippen MR) is 42.7 cm³/mol. The van der Waals surface area contributed by atoms with E-state index in [4.69, 9.17) is 10.5 Å². The third kappa shape index (κ3) is 1.53. The Hall–Kier alpha value is -0.0000000000000000486. The van der Waals surface area contributed by atoms with E-state index in [9.17, 15) is 13.2 Å². The first-order valence-corrected chi connectivity index (χ1v) is 3.91. The number of alkyl halides is 3. The summed E-state index contributed by atoms with van der Waals surface area (Å²) in [5, 5.41) is 0. The van der Waals surface area contributed by atoms with Crippen LogP contribution in [-0.2, 0) is 4.74 Å². The van der Waals surface area contributed by atoms with Crippen molar-refractivity contribution in [3.05, 3.63) is 0 Å². The third-order valence-corrected chi connectivity index (χ3v) is 2.77.